The fourth-order valence-corrected chi connectivity index (χ4v) is 2.68. The Labute approximate surface area is 108 Å². The van der Waals surface area contributed by atoms with E-state index in [0.717, 1.165) is 33.1 Å². The topological polar surface area (TPSA) is 53.1 Å². The number of rotatable bonds is 3. The van der Waals surface area contributed by atoms with Crippen LogP contribution in [0.3, 0.4) is 0 Å². The van der Waals surface area contributed by atoms with E-state index < -0.39 is 5.97 Å². The van der Waals surface area contributed by atoms with Gasteiger partial charge in [0.2, 0.25) is 0 Å². The highest BCUT2D eigenvalue weighted by atomic mass is 79.9. The van der Waals surface area contributed by atoms with Gasteiger partial charge in [-0.2, -0.15) is 0 Å². The molecule has 0 atom stereocenters. The number of carboxylic acid groups (broad SMARTS) is 1. The minimum atomic E-state index is -0.799. The van der Waals surface area contributed by atoms with Crippen LogP contribution < -0.4 is 0 Å². The highest BCUT2D eigenvalue weighted by Gasteiger charge is 2.14. The number of aromatic amines is 1. The maximum Gasteiger partial charge on any atom is 0.307 e. The molecule has 0 saturated heterocycles. The molecular formula is C13H14BrNO2. The van der Waals surface area contributed by atoms with Crippen LogP contribution in [0.1, 0.15) is 23.7 Å². The summed E-state index contributed by atoms with van der Waals surface area (Å²) < 4.78 is 0.993. The van der Waals surface area contributed by atoms with Gasteiger partial charge >= 0.3 is 5.97 Å². The Morgan fingerprint density at radius 3 is 2.76 bits per heavy atom. The van der Waals surface area contributed by atoms with Crippen LogP contribution in [0.5, 0.6) is 0 Å². The van der Waals surface area contributed by atoms with Crippen LogP contribution in [0.15, 0.2) is 16.6 Å². The fraction of sp³-hybridized carbons (Fsp3) is 0.308. The Morgan fingerprint density at radius 2 is 2.18 bits per heavy atom. The molecule has 0 aliphatic carbocycles. The Kier molecular flexibility index (Phi) is 3.24. The summed E-state index contributed by atoms with van der Waals surface area (Å²) in [6.45, 7) is 4.01. The SMILES string of the molecule is CCc1cc(Br)cc2c(CC(=O)O)c(C)[nH]c12. The summed E-state index contributed by atoms with van der Waals surface area (Å²) in [5.41, 5.74) is 4.08. The van der Waals surface area contributed by atoms with Crippen molar-refractivity contribution in [2.75, 3.05) is 0 Å². The molecule has 0 bridgehead atoms. The summed E-state index contributed by atoms with van der Waals surface area (Å²) in [6, 6.07) is 4.05. The molecule has 2 N–H and O–H groups in total. The molecule has 1 aromatic carbocycles. The number of carboxylic acids is 1. The Bertz CT molecular complexity index is 587. The molecule has 0 radical (unpaired) electrons. The molecule has 1 aromatic heterocycles. The maximum atomic E-state index is 10.9. The molecule has 0 aliphatic rings. The summed E-state index contributed by atoms with van der Waals surface area (Å²) in [5, 5.41) is 9.95. The molecule has 4 heteroatoms. The minimum Gasteiger partial charge on any atom is -0.481 e. The van der Waals surface area contributed by atoms with Gasteiger partial charge in [0.25, 0.3) is 0 Å². The lowest BCUT2D eigenvalue weighted by Crippen LogP contribution is -2.00. The zero-order valence-corrected chi connectivity index (χ0v) is 11.4. The summed E-state index contributed by atoms with van der Waals surface area (Å²) in [5.74, 6) is -0.799. The van der Waals surface area contributed by atoms with E-state index in [-0.39, 0.29) is 6.42 Å². The molecule has 0 amide bonds. The average molecular weight is 296 g/mol. The van der Waals surface area contributed by atoms with Crippen LogP contribution in [-0.4, -0.2) is 16.1 Å². The molecule has 3 nitrogen and oxygen atoms in total. The number of fused-ring (bicyclic) bond motifs is 1. The fourth-order valence-electron chi connectivity index (χ4n) is 2.17. The van der Waals surface area contributed by atoms with Gasteiger partial charge < -0.3 is 10.1 Å². The lowest BCUT2D eigenvalue weighted by atomic mass is 10.0. The Hall–Kier alpha value is -1.29. The van der Waals surface area contributed by atoms with Crippen molar-refractivity contribution >= 4 is 32.8 Å². The lowest BCUT2D eigenvalue weighted by molar-refractivity contribution is -0.136. The number of halogens is 1. The van der Waals surface area contributed by atoms with E-state index in [1.807, 2.05) is 13.0 Å². The van der Waals surface area contributed by atoms with Crippen LogP contribution in [0, 0.1) is 6.92 Å². The number of hydrogen-bond acceptors (Lipinski definition) is 1. The molecule has 0 fully saturated rings. The van der Waals surface area contributed by atoms with E-state index in [9.17, 15) is 4.79 Å². The third kappa shape index (κ3) is 2.22. The first-order chi connectivity index (χ1) is 8.02. The monoisotopic (exact) mass is 295 g/mol. The van der Waals surface area contributed by atoms with E-state index in [2.05, 4.69) is 33.9 Å². The predicted molar refractivity (Wildman–Crippen MR) is 71.5 cm³/mol. The third-order valence-corrected chi connectivity index (χ3v) is 3.44. The van der Waals surface area contributed by atoms with Gasteiger partial charge in [0.1, 0.15) is 0 Å². The van der Waals surface area contributed by atoms with Gasteiger partial charge in [-0.15, -0.1) is 0 Å². The number of H-pyrrole nitrogens is 1. The molecule has 0 unspecified atom stereocenters. The summed E-state index contributed by atoms with van der Waals surface area (Å²) >= 11 is 3.47. The first kappa shape index (κ1) is 12.2. The molecule has 17 heavy (non-hydrogen) atoms. The van der Waals surface area contributed by atoms with Crippen LogP contribution in [0.25, 0.3) is 10.9 Å². The third-order valence-electron chi connectivity index (χ3n) is 2.98. The van der Waals surface area contributed by atoms with Crippen LogP contribution in [0.4, 0.5) is 0 Å². The average Bonchev–Trinajstić information content (AvgIpc) is 2.55. The van der Waals surface area contributed by atoms with E-state index in [0.29, 0.717) is 0 Å². The van der Waals surface area contributed by atoms with Gasteiger partial charge in [0.05, 0.1) is 6.42 Å². The molecule has 2 rings (SSSR count). The smallest absolute Gasteiger partial charge is 0.307 e. The quantitative estimate of drug-likeness (QED) is 0.911. The van der Waals surface area contributed by atoms with Gasteiger partial charge in [-0.25, -0.2) is 0 Å². The second-order valence-electron chi connectivity index (χ2n) is 4.14. The van der Waals surface area contributed by atoms with Crippen molar-refractivity contribution in [2.45, 2.75) is 26.7 Å². The van der Waals surface area contributed by atoms with E-state index in [1.165, 1.54) is 5.56 Å². The van der Waals surface area contributed by atoms with Gasteiger partial charge in [-0.05, 0) is 36.6 Å². The van der Waals surface area contributed by atoms with Crippen molar-refractivity contribution in [1.29, 1.82) is 0 Å². The molecule has 2 aromatic rings. The largest absolute Gasteiger partial charge is 0.481 e. The highest BCUT2D eigenvalue weighted by molar-refractivity contribution is 9.10. The molecular weight excluding hydrogens is 282 g/mol. The zero-order chi connectivity index (χ0) is 12.6. The number of nitrogens with one attached hydrogen (secondary N) is 1. The van der Waals surface area contributed by atoms with Crippen LogP contribution in [0.2, 0.25) is 0 Å². The van der Waals surface area contributed by atoms with Crippen molar-refractivity contribution in [1.82, 2.24) is 4.98 Å². The Balaban J connectivity index is 2.72. The van der Waals surface area contributed by atoms with E-state index in [4.69, 9.17) is 5.11 Å². The second kappa shape index (κ2) is 4.53. The van der Waals surface area contributed by atoms with Gasteiger partial charge in [-0.3, -0.25) is 4.79 Å². The highest BCUT2D eigenvalue weighted by Crippen LogP contribution is 2.29. The molecule has 1 heterocycles. The standard InChI is InChI=1S/C13H14BrNO2/c1-3-8-4-9(14)5-11-10(6-12(16)17)7(2)15-13(8)11/h4-5,15H,3,6H2,1-2H3,(H,16,17). The van der Waals surface area contributed by atoms with Crippen molar-refractivity contribution in [2.24, 2.45) is 0 Å². The molecule has 0 aliphatic heterocycles. The van der Waals surface area contributed by atoms with Crippen molar-refractivity contribution in [3.63, 3.8) is 0 Å². The van der Waals surface area contributed by atoms with Gasteiger partial charge in [-0.1, -0.05) is 22.9 Å². The number of benzene rings is 1. The number of aliphatic carboxylic acids is 1. The summed E-state index contributed by atoms with van der Waals surface area (Å²) in [6.07, 6.45) is 0.980. The first-order valence-electron chi connectivity index (χ1n) is 5.54. The zero-order valence-electron chi connectivity index (χ0n) is 9.80. The Morgan fingerprint density at radius 1 is 1.47 bits per heavy atom. The number of carbonyl (C=O) groups is 1. The lowest BCUT2D eigenvalue weighted by Gasteiger charge is -2.02. The summed E-state index contributed by atoms with van der Waals surface area (Å²) in [7, 11) is 0. The number of aromatic nitrogens is 1. The van der Waals surface area contributed by atoms with Crippen molar-refractivity contribution in [3.05, 3.63) is 33.4 Å². The van der Waals surface area contributed by atoms with Gasteiger partial charge in [0.15, 0.2) is 0 Å². The molecule has 0 spiro atoms. The van der Waals surface area contributed by atoms with E-state index >= 15 is 0 Å². The molecule has 90 valence electrons. The second-order valence-corrected chi connectivity index (χ2v) is 5.06. The first-order valence-corrected chi connectivity index (χ1v) is 6.33. The van der Waals surface area contributed by atoms with Crippen LogP contribution >= 0.6 is 15.9 Å². The minimum absolute atomic E-state index is 0.0610. The molecule has 0 saturated carbocycles. The number of aryl methyl sites for hydroxylation is 2. The predicted octanol–water partition coefficient (Wildman–Crippen LogP) is 3.43. The number of hydrogen-bond donors (Lipinski definition) is 2. The van der Waals surface area contributed by atoms with Gasteiger partial charge in [0, 0.05) is 21.1 Å². The van der Waals surface area contributed by atoms with Crippen molar-refractivity contribution < 1.29 is 9.90 Å². The van der Waals surface area contributed by atoms with Crippen LogP contribution in [-0.2, 0) is 17.6 Å². The van der Waals surface area contributed by atoms with Crippen molar-refractivity contribution in [3.8, 4) is 0 Å². The van der Waals surface area contributed by atoms with E-state index in [1.54, 1.807) is 0 Å². The summed E-state index contributed by atoms with van der Waals surface area (Å²) in [4.78, 5) is 14.2. The maximum absolute atomic E-state index is 10.9. The normalized spacial score (nSPS) is 11.0.